The van der Waals surface area contributed by atoms with Gasteiger partial charge < -0.3 is 15.1 Å². The minimum absolute atomic E-state index is 0.218. The maximum absolute atomic E-state index is 13.2. The first-order chi connectivity index (χ1) is 15.0. The summed E-state index contributed by atoms with van der Waals surface area (Å²) >= 11 is 7.45. The highest BCUT2D eigenvalue weighted by molar-refractivity contribution is 7.17. The Labute approximate surface area is 187 Å². The molecule has 4 rings (SSSR count). The molecule has 2 N–H and O–H groups in total. The molecule has 0 aliphatic carbocycles. The third kappa shape index (κ3) is 4.26. The number of hydrogen-bond donors (Lipinski definition) is 2. The Morgan fingerprint density at radius 3 is 2.58 bits per heavy atom. The Morgan fingerprint density at radius 2 is 1.94 bits per heavy atom. The van der Waals surface area contributed by atoms with Crippen molar-refractivity contribution in [2.24, 2.45) is 7.05 Å². The third-order valence-electron chi connectivity index (χ3n) is 4.71. The molecular formula is C22H19ClN4O3S. The van der Waals surface area contributed by atoms with E-state index in [-0.39, 0.29) is 23.2 Å². The van der Waals surface area contributed by atoms with Gasteiger partial charge in [-0.3, -0.25) is 14.3 Å². The van der Waals surface area contributed by atoms with Crippen LogP contribution < -0.4 is 10.6 Å². The minimum Gasteiger partial charge on any atom is -0.467 e. The van der Waals surface area contributed by atoms with Crippen LogP contribution in [0.2, 0.25) is 5.02 Å². The van der Waals surface area contributed by atoms with Crippen LogP contribution in [0.3, 0.4) is 0 Å². The number of halogens is 1. The zero-order chi connectivity index (χ0) is 22.0. The summed E-state index contributed by atoms with van der Waals surface area (Å²) in [6, 6.07) is 13.1. The second kappa shape index (κ2) is 8.79. The Bertz CT molecular complexity index is 1210. The molecule has 3 heterocycles. The zero-order valence-electron chi connectivity index (χ0n) is 16.8. The molecule has 7 nitrogen and oxygen atoms in total. The Balaban J connectivity index is 1.72. The standard InChI is InChI=1S/C22H19ClN4O3S/c1-13-17(14-7-4-3-5-8-14)18(20(28)24-11-15-9-6-10-30-15)22(31-13)26-21(29)19-16(23)12-25-27(19)2/h3-10,12H,11H2,1-2H3,(H,24,28)(H,26,29). The van der Waals surface area contributed by atoms with Gasteiger partial charge in [0.2, 0.25) is 0 Å². The minimum atomic E-state index is -0.439. The van der Waals surface area contributed by atoms with Gasteiger partial charge in [-0.05, 0) is 24.6 Å². The van der Waals surface area contributed by atoms with Crippen molar-refractivity contribution < 1.29 is 14.0 Å². The first kappa shape index (κ1) is 20.9. The maximum Gasteiger partial charge on any atom is 0.276 e. The molecule has 158 valence electrons. The zero-order valence-corrected chi connectivity index (χ0v) is 18.4. The molecule has 0 aliphatic rings. The molecule has 0 saturated carbocycles. The first-order valence-corrected chi connectivity index (χ1v) is 10.6. The van der Waals surface area contributed by atoms with E-state index in [0.29, 0.717) is 16.3 Å². The predicted octanol–water partition coefficient (Wildman–Crippen LogP) is 4.89. The van der Waals surface area contributed by atoms with Gasteiger partial charge in [0.05, 0.1) is 29.6 Å². The average molecular weight is 455 g/mol. The van der Waals surface area contributed by atoms with Crippen LogP contribution in [0, 0.1) is 6.92 Å². The fourth-order valence-corrected chi connectivity index (χ4v) is 4.62. The molecule has 0 aliphatic heterocycles. The number of carbonyl (C=O) groups excluding carboxylic acids is 2. The molecule has 0 bridgehead atoms. The van der Waals surface area contributed by atoms with Crippen molar-refractivity contribution in [2.45, 2.75) is 13.5 Å². The third-order valence-corrected chi connectivity index (χ3v) is 6.01. The van der Waals surface area contributed by atoms with E-state index in [4.69, 9.17) is 16.0 Å². The maximum atomic E-state index is 13.2. The SMILES string of the molecule is Cc1sc(NC(=O)c2c(Cl)cnn2C)c(C(=O)NCc2ccco2)c1-c1ccccc1. The Morgan fingerprint density at radius 1 is 1.16 bits per heavy atom. The summed E-state index contributed by atoms with van der Waals surface area (Å²) < 4.78 is 6.70. The number of nitrogens with zero attached hydrogens (tertiary/aromatic N) is 2. The second-order valence-electron chi connectivity index (χ2n) is 6.78. The number of anilines is 1. The van der Waals surface area contributed by atoms with Gasteiger partial charge >= 0.3 is 0 Å². The number of amides is 2. The van der Waals surface area contributed by atoms with Crippen molar-refractivity contribution in [2.75, 3.05) is 5.32 Å². The fraction of sp³-hybridized carbons (Fsp3) is 0.136. The van der Waals surface area contributed by atoms with Crippen LogP contribution >= 0.6 is 22.9 Å². The lowest BCUT2D eigenvalue weighted by atomic mass is 10.0. The molecule has 0 radical (unpaired) electrons. The number of furan rings is 1. The van der Waals surface area contributed by atoms with E-state index in [1.807, 2.05) is 37.3 Å². The monoisotopic (exact) mass is 454 g/mol. The molecule has 3 aromatic heterocycles. The number of carbonyl (C=O) groups is 2. The number of benzene rings is 1. The lowest BCUT2D eigenvalue weighted by molar-refractivity contribution is 0.0950. The summed E-state index contributed by atoms with van der Waals surface area (Å²) in [5, 5.41) is 10.4. The van der Waals surface area contributed by atoms with Gasteiger partial charge in [-0.15, -0.1) is 11.3 Å². The molecule has 0 fully saturated rings. The largest absolute Gasteiger partial charge is 0.467 e. The van der Waals surface area contributed by atoms with Crippen LogP contribution in [0.15, 0.2) is 59.3 Å². The summed E-state index contributed by atoms with van der Waals surface area (Å²) in [6.07, 6.45) is 2.96. The molecular weight excluding hydrogens is 436 g/mol. The van der Waals surface area contributed by atoms with E-state index in [0.717, 1.165) is 16.0 Å². The van der Waals surface area contributed by atoms with E-state index in [1.165, 1.54) is 22.2 Å². The molecule has 0 atom stereocenters. The van der Waals surface area contributed by atoms with E-state index in [9.17, 15) is 9.59 Å². The second-order valence-corrected chi connectivity index (χ2v) is 8.42. The van der Waals surface area contributed by atoms with Gasteiger partial charge in [0.1, 0.15) is 16.5 Å². The predicted molar refractivity (Wildman–Crippen MR) is 121 cm³/mol. The summed E-state index contributed by atoms with van der Waals surface area (Å²) in [7, 11) is 1.63. The number of thiophene rings is 1. The van der Waals surface area contributed by atoms with Crippen molar-refractivity contribution in [1.29, 1.82) is 0 Å². The van der Waals surface area contributed by atoms with Crippen molar-refractivity contribution in [3.05, 3.63) is 81.8 Å². The van der Waals surface area contributed by atoms with Crippen LogP contribution in [0.4, 0.5) is 5.00 Å². The number of aryl methyl sites for hydroxylation is 2. The van der Waals surface area contributed by atoms with E-state index < -0.39 is 5.91 Å². The Kier molecular flexibility index (Phi) is 5.92. The number of hydrogen-bond acceptors (Lipinski definition) is 5. The molecule has 4 aromatic rings. The van der Waals surface area contributed by atoms with E-state index in [1.54, 1.807) is 25.4 Å². The van der Waals surface area contributed by atoms with Crippen molar-refractivity contribution in [3.8, 4) is 11.1 Å². The summed E-state index contributed by atoms with van der Waals surface area (Å²) in [5.41, 5.74) is 2.27. The van der Waals surface area contributed by atoms with Crippen molar-refractivity contribution >= 4 is 39.8 Å². The lowest BCUT2D eigenvalue weighted by Crippen LogP contribution is -2.25. The van der Waals surface area contributed by atoms with Crippen LogP contribution in [0.25, 0.3) is 11.1 Å². The van der Waals surface area contributed by atoms with Gasteiger partial charge in [0, 0.05) is 17.5 Å². The first-order valence-electron chi connectivity index (χ1n) is 9.44. The van der Waals surface area contributed by atoms with Gasteiger partial charge in [-0.1, -0.05) is 41.9 Å². The number of aromatic nitrogens is 2. The fourth-order valence-electron chi connectivity index (χ4n) is 3.30. The molecule has 2 amide bonds. The summed E-state index contributed by atoms with van der Waals surface area (Å²) in [4.78, 5) is 27.0. The topological polar surface area (TPSA) is 89.2 Å². The normalized spacial score (nSPS) is 10.8. The van der Waals surface area contributed by atoms with Gasteiger partial charge in [-0.25, -0.2) is 0 Å². The average Bonchev–Trinajstić information content (AvgIpc) is 3.46. The van der Waals surface area contributed by atoms with Crippen molar-refractivity contribution in [3.63, 3.8) is 0 Å². The highest BCUT2D eigenvalue weighted by Gasteiger charge is 2.26. The van der Waals surface area contributed by atoms with E-state index >= 15 is 0 Å². The highest BCUT2D eigenvalue weighted by Crippen LogP contribution is 2.40. The molecule has 0 saturated heterocycles. The van der Waals surface area contributed by atoms with Crippen LogP contribution in [-0.4, -0.2) is 21.6 Å². The smallest absolute Gasteiger partial charge is 0.276 e. The van der Waals surface area contributed by atoms with Gasteiger partial charge in [0.15, 0.2) is 0 Å². The van der Waals surface area contributed by atoms with Crippen molar-refractivity contribution in [1.82, 2.24) is 15.1 Å². The van der Waals surface area contributed by atoms with E-state index in [2.05, 4.69) is 15.7 Å². The van der Waals surface area contributed by atoms with Crippen LogP contribution in [0.5, 0.6) is 0 Å². The summed E-state index contributed by atoms with van der Waals surface area (Å²) in [6.45, 7) is 2.15. The molecule has 9 heteroatoms. The highest BCUT2D eigenvalue weighted by atomic mass is 35.5. The Hall–Kier alpha value is -3.36. The molecule has 31 heavy (non-hydrogen) atoms. The quantitative estimate of drug-likeness (QED) is 0.434. The molecule has 1 aromatic carbocycles. The van der Waals surface area contributed by atoms with Gasteiger partial charge in [-0.2, -0.15) is 5.10 Å². The van der Waals surface area contributed by atoms with Crippen LogP contribution in [0.1, 0.15) is 31.5 Å². The van der Waals surface area contributed by atoms with Gasteiger partial charge in [0.25, 0.3) is 11.8 Å². The molecule has 0 unspecified atom stereocenters. The molecule has 0 spiro atoms. The number of nitrogens with one attached hydrogen (secondary N) is 2. The number of rotatable bonds is 6. The summed E-state index contributed by atoms with van der Waals surface area (Å²) in [5.74, 6) is -0.120. The van der Waals surface area contributed by atoms with Crippen LogP contribution in [-0.2, 0) is 13.6 Å². The lowest BCUT2D eigenvalue weighted by Gasteiger charge is -2.10.